The van der Waals surface area contributed by atoms with Gasteiger partial charge in [-0.3, -0.25) is 4.79 Å². The maximum Gasteiger partial charge on any atom is 0.261 e. The Balaban J connectivity index is 1.89. The molecule has 26 heavy (non-hydrogen) atoms. The average Bonchev–Trinajstić information content (AvgIpc) is 3.18. The van der Waals surface area contributed by atoms with Gasteiger partial charge in [-0.05, 0) is 43.2 Å². The third-order valence-electron chi connectivity index (χ3n) is 4.08. The molecule has 0 bridgehead atoms. The number of amides is 1. The summed E-state index contributed by atoms with van der Waals surface area (Å²) in [6.07, 6.45) is 3.17. The number of hydrogen-bond acceptors (Lipinski definition) is 5. The number of carbonyl (C=O) groups excluding carboxylic acids is 1. The van der Waals surface area contributed by atoms with Crippen molar-refractivity contribution in [3.8, 4) is 5.88 Å². The maximum atomic E-state index is 12.8. The van der Waals surface area contributed by atoms with Crippen LogP contribution in [0.25, 0.3) is 0 Å². The minimum absolute atomic E-state index is 0.0166. The van der Waals surface area contributed by atoms with Crippen molar-refractivity contribution in [3.63, 3.8) is 0 Å². The first-order valence-electron chi connectivity index (χ1n) is 8.03. The van der Waals surface area contributed by atoms with Crippen molar-refractivity contribution in [1.29, 1.82) is 0 Å². The second-order valence-electron chi connectivity index (χ2n) is 5.77. The molecule has 1 amide bonds. The lowest BCUT2D eigenvalue weighted by atomic mass is 10.2. The fourth-order valence-corrected chi connectivity index (χ4v) is 4.79. The van der Waals surface area contributed by atoms with E-state index in [1.807, 2.05) is 0 Å². The van der Waals surface area contributed by atoms with Crippen LogP contribution in [0, 0.1) is 0 Å². The highest BCUT2D eigenvalue weighted by Crippen LogP contribution is 2.30. The van der Waals surface area contributed by atoms with E-state index in [1.54, 1.807) is 18.2 Å². The Bertz CT molecular complexity index is 927. The van der Waals surface area contributed by atoms with Gasteiger partial charge in [-0.15, -0.1) is 0 Å². The summed E-state index contributed by atoms with van der Waals surface area (Å²) in [7, 11) is -2.27. The van der Waals surface area contributed by atoms with Crippen molar-refractivity contribution in [1.82, 2.24) is 9.29 Å². The van der Waals surface area contributed by atoms with Crippen LogP contribution >= 0.6 is 11.6 Å². The predicted molar refractivity (Wildman–Crippen MR) is 98.2 cm³/mol. The number of hydrogen-bond donors (Lipinski definition) is 1. The van der Waals surface area contributed by atoms with Crippen LogP contribution in [-0.2, 0) is 10.0 Å². The second kappa shape index (κ2) is 7.61. The zero-order valence-corrected chi connectivity index (χ0v) is 15.7. The molecule has 1 saturated heterocycles. The van der Waals surface area contributed by atoms with Crippen molar-refractivity contribution in [2.24, 2.45) is 0 Å². The van der Waals surface area contributed by atoms with Gasteiger partial charge in [0.25, 0.3) is 5.91 Å². The minimum Gasteiger partial charge on any atom is -0.480 e. The molecule has 0 aliphatic carbocycles. The fraction of sp³-hybridized carbons (Fsp3) is 0.294. The first kappa shape index (κ1) is 18.6. The van der Waals surface area contributed by atoms with Gasteiger partial charge in [0, 0.05) is 25.0 Å². The molecule has 138 valence electrons. The molecule has 2 aromatic rings. The van der Waals surface area contributed by atoms with E-state index in [-0.39, 0.29) is 21.4 Å². The SMILES string of the molecule is COc1ncccc1C(=O)Nc1ccc(Cl)c(S(=O)(=O)N2CCCC2)c1. The average molecular weight is 396 g/mol. The van der Waals surface area contributed by atoms with Gasteiger partial charge in [-0.2, -0.15) is 4.31 Å². The van der Waals surface area contributed by atoms with Crippen molar-refractivity contribution in [3.05, 3.63) is 47.1 Å². The minimum atomic E-state index is -3.69. The molecule has 1 aliphatic rings. The Morgan fingerprint density at radius 1 is 1.27 bits per heavy atom. The van der Waals surface area contributed by atoms with E-state index in [0.717, 1.165) is 12.8 Å². The highest BCUT2D eigenvalue weighted by atomic mass is 35.5. The number of aromatic nitrogens is 1. The molecule has 0 unspecified atom stereocenters. The quantitative estimate of drug-likeness (QED) is 0.840. The summed E-state index contributed by atoms with van der Waals surface area (Å²) >= 11 is 6.11. The number of benzene rings is 1. The highest BCUT2D eigenvalue weighted by molar-refractivity contribution is 7.89. The molecule has 0 radical (unpaired) electrons. The van der Waals surface area contributed by atoms with Crippen molar-refractivity contribution < 1.29 is 17.9 Å². The van der Waals surface area contributed by atoms with Gasteiger partial charge < -0.3 is 10.1 Å². The van der Waals surface area contributed by atoms with Gasteiger partial charge in [-0.25, -0.2) is 13.4 Å². The molecule has 0 saturated carbocycles. The zero-order chi connectivity index (χ0) is 18.7. The highest BCUT2D eigenvalue weighted by Gasteiger charge is 2.29. The second-order valence-corrected chi connectivity index (χ2v) is 8.08. The van der Waals surface area contributed by atoms with Crippen molar-refractivity contribution >= 4 is 33.2 Å². The lowest BCUT2D eigenvalue weighted by molar-refractivity contribution is 0.102. The van der Waals surface area contributed by atoms with Crippen LogP contribution in [0.15, 0.2) is 41.4 Å². The van der Waals surface area contributed by atoms with Crippen LogP contribution in [0.2, 0.25) is 5.02 Å². The number of nitrogens with one attached hydrogen (secondary N) is 1. The molecule has 0 spiro atoms. The molecule has 2 heterocycles. The van der Waals surface area contributed by atoms with E-state index in [9.17, 15) is 13.2 Å². The standard InChI is InChI=1S/C17H18ClN3O4S/c1-25-17-13(5-4-8-19-17)16(22)20-12-6-7-14(18)15(11-12)26(23,24)21-9-2-3-10-21/h4-8,11H,2-3,9-10H2,1H3,(H,20,22). The van der Waals surface area contributed by atoms with E-state index in [4.69, 9.17) is 16.3 Å². The Labute approximate surface area is 157 Å². The third-order valence-corrected chi connectivity index (χ3v) is 6.46. The Morgan fingerprint density at radius 2 is 2.00 bits per heavy atom. The number of anilines is 1. The normalized spacial score (nSPS) is 15.0. The van der Waals surface area contributed by atoms with Crippen LogP contribution in [0.5, 0.6) is 5.88 Å². The summed E-state index contributed by atoms with van der Waals surface area (Å²) in [4.78, 5) is 16.4. The van der Waals surface area contributed by atoms with E-state index >= 15 is 0 Å². The number of ether oxygens (including phenoxy) is 1. The summed E-state index contributed by atoms with van der Waals surface area (Å²) in [5.74, 6) is -0.273. The molecule has 1 aromatic carbocycles. The van der Waals surface area contributed by atoms with Crippen LogP contribution in [0.3, 0.4) is 0 Å². The summed E-state index contributed by atoms with van der Waals surface area (Å²) in [5.41, 5.74) is 0.567. The number of pyridine rings is 1. The van der Waals surface area contributed by atoms with Gasteiger partial charge in [0.2, 0.25) is 15.9 Å². The predicted octanol–water partition coefficient (Wildman–Crippen LogP) is 2.78. The molecule has 1 aliphatic heterocycles. The number of halogens is 1. The Hall–Kier alpha value is -2.16. The van der Waals surface area contributed by atoms with Crippen LogP contribution in [0.1, 0.15) is 23.2 Å². The van der Waals surface area contributed by atoms with Gasteiger partial charge in [-0.1, -0.05) is 11.6 Å². The van der Waals surface area contributed by atoms with E-state index < -0.39 is 15.9 Å². The molecule has 9 heteroatoms. The van der Waals surface area contributed by atoms with Gasteiger partial charge in [0.1, 0.15) is 10.5 Å². The number of carbonyl (C=O) groups is 1. The molecule has 0 atom stereocenters. The van der Waals surface area contributed by atoms with E-state index in [1.165, 1.54) is 29.7 Å². The summed E-state index contributed by atoms with van der Waals surface area (Å²) < 4.78 is 32.0. The number of sulfonamides is 1. The number of nitrogens with zero attached hydrogens (tertiary/aromatic N) is 2. The monoisotopic (exact) mass is 395 g/mol. The van der Waals surface area contributed by atoms with Crippen LogP contribution in [-0.4, -0.2) is 43.8 Å². The number of methoxy groups -OCH3 is 1. The Kier molecular flexibility index (Phi) is 5.45. The molecule has 7 nitrogen and oxygen atoms in total. The molecule has 1 aromatic heterocycles. The fourth-order valence-electron chi connectivity index (χ4n) is 2.77. The molecule has 3 rings (SSSR count). The Morgan fingerprint density at radius 3 is 2.69 bits per heavy atom. The van der Waals surface area contributed by atoms with Crippen molar-refractivity contribution in [2.45, 2.75) is 17.7 Å². The summed E-state index contributed by atoms with van der Waals surface area (Å²) in [6.45, 7) is 0.949. The lowest BCUT2D eigenvalue weighted by Crippen LogP contribution is -2.28. The first-order valence-corrected chi connectivity index (χ1v) is 9.85. The number of rotatable bonds is 5. The smallest absolute Gasteiger partial charge is 0.261 e. The van der Waals surface area contributed by atoms with Gasteiger partial charge >= 0.3 is 0 Å². The van der Waals surface area contributed by atoms with Gasteiger partial charge in [0.15, 0.2) is 0 Å². The largest absolute Gasteiger partial charge is 0.480 e. The topological polar surface area (TPSA) is 88.6 Å². The first-order chi connectivity index (χ1) is 12.4. The van der Waals surface area contributed by atoms with Crippen molar-refractivity contribution in [2.75, 3.05) is 25.5 Å². The molecule has 1 fully saturated rings. The molecular formula is C17H18ClN3O4S. The van der Waals surface area contributed by atoms with Gasteiger partial charge in [0.05, 0.1) is 12.1 Å². The van der Waals surface area contributed by atoms with E-state index in [0.29, 0.717) is 18.8 Å². The van der Waals surface area contributed by atoms with E-state index in [2.05, 4.69) is 10.3 Å². The third kappa shape index (κ3) is 3.67. The summed E-state index contributed by atoms with van der Waals surface area (Å²) in [6, 6.07) is 7.56. The summed E-state index contributed by atoms with van der Waals surface area (Å²) in [5, 5.41) is 2.78. The zero-order valence-electron chi connectivity index (χ0n) is 14.1. The maximum absolute atomic E-state index is 12.8. The molecular weight excluding hydrogens is 378 g/mol. The van der Waals surface area contributed by atoms with Crippen LogP contribution < -0.4 is 10.1 Å². The lowest BCUT2D eigenvalue weighted by Gasteiger charge is -2.17. The molecule has 1 N–H and O–H groups in total. The van der Waals surface area contributed by atoms with Crippen LogP contribution in [0.4, 0.5) is 5.69 Å².